The molecule has 1 unspecified atom stereocenters. The van der Waals surface area contributed by atoms with Crippen LogP contribution in [0.4, 0.5) is 0 Å². The normalized spacial score (nSPS) is 20.7. The molecule has 25 heavy (non-hydrogen) atoms. The lowest BCUT2D eigenvalue weighted by Crippen LogP contribution is -2.39. The van der Waals surface area contributed by atoms with E-state index in [4.69, 9.17) is 4.52 Å². The summed E-state index contributed by atoms with van der Waals surface area (Å²) in [5.41, 5.74) is 0.918. The topological polar surface area (TPSA) is 85.0 Å². The standard InChI is InChI=1S/C18H23N5O2/c1-12-19-9-8-15(20-12)6-7-16(24)23-10-2-3-14(11-23)17-21-18(25-22-17)13-4-5-13/h8-9,13-14H,2-7,10-11H2,1H3. The zero-order chi connectivity index (χ0) is 17.2. The first kappa shape index (κ1) is 16.2. The number of amides is 1. The Hall–Kier alpha value is -2.31. The second kappa shape index (κ2) is 6.90. The molecule has 2 fully saturated rings. The van der Waals surface area contributed by atoms with Gasteiger partial charge in [0, 0.05) is 43.2 Å². The number of nitrogens with zero attached hydrogens (tertiary/aromatic N) is 5. The second-order valence-electron chi connectivity index (χ2n) is 7.04. The lowest BCUT2D eigenvalue weighted by Gasteiger charge is -2.31. The molecule has 1 saturated carbocycles. The molecular weight excluding hydrogens is 318 g/mol. The van der Waals surface area contributed by atoms with Crippen molar-refractivity contribution in [1.29, 1.82) is 0 Å². The van der Waals surface area contributed by atoms with Gasteiger partial charge in [-0.2, -0.15) is 4.98 Å². The number of carbonyl (C=O) groups is 1. The molecular formula is C18H23N5O2. The van der Waals surface area contributed by atoms with Gasteiger partial charge in [-0.15, -0.1) is 0 Å². The van der Waals surface area contributed by atoms with Gasteiger partial charge in [-0.25, -0.2) is 9.97 Å². The number of aryl methyl sites for hydroxylation is 2. The van der Waals surface area contributed by atoms with Crippen molar-refractivity contribution in [1.82, 2.24) is 25.0 Å². The van der Waals surface area contributed by atoms with Gasteiger partial charge < -0.3 is 9.42 Å². The number of carbonyl (C=O) groups excluding carboxylic acids is 1. The van der Waals surface area contributed by atoms with Crippen molar-refractivity contribution < 1.29 is 9.32 Å². The first-order chi connectivity index (χ1) is 12.2. The van der Waals surface area contributed by atoms with Crippen LogP contribution >= 0.6 is 0 Å². The van der Waals surface area contributed by atoms with Gasteiger partial charge in [0.25, 0.3) is 0 Å². The summed E-state index contributed by atoms with van der Waals surface area (Å²) in [4.78, 5) is 27.5. The van der Waals surface area contributed by atoms with Gasteiger partial charge in [0.2, 0.25) is 11.8 Å². The molecule has 0 bridgehead atoms. The van der Waals surface area contributed by atoms with Crippen LogP contribution in [-0.4, -0.2) is 44.0 Å². The largest absolute Gasteiger partial charge is 0.342 e. The predicted molar refractivity (Wildman–Crippen MR) is 89.9 cm³/mol. The molecule has 0 spiro atoms. The number of likely N-dealkylation sites (tertiary alicyclic amines) is 1. The highest BCUT2D eigenvalue weighted by Gasteiger charge is 2.32. The molecule has 1 amide bonds. The van der Waals surface area contributed by atoms with Crippen molar-refractivity contribution in [3.63, 3.8) is 0 Å². The van der Waals surface area contributed by atoms with Gasteiger partial charge in [-0.3, -0.25) is 4.79 Å². The molecule has 2 aromatic heterocycles. The third kappa shape index (κ3) is 3.86. The molecule has 132 valence electrons. The fraction of sp³-hybridized carbons (Fsp3) is 0.611. The summed E-state index contributed by atoms with van der Waals surface area (Å²) in [5.74, 6) is 3.12. The second-order valence-corrected chi connectivity index (χ2v) is 7.04. The zero-order valence-electron chi connectivity index (χ0n) is 14.5. The Morgan fingerprint density at radius 3 is 2.96 bits per heavy atom. The van der Waals surface area contributed by atoms with Crippen molar-refractivity contribution in [2.45, 2.75) is 57.3 Å². The first-order valence-electron chi connectivity index (χ1n) is 9.09. The lowest BCUT2D eigenvalue weighted by molar-refractivity contribution is -0.132. The molecule has 0 N–H and O–H groups in total. The van der Waals surface area contributed by atoms with Crippen LogP contribution in [0.1, 0.15) is 67.2 Å². The molecule has 7 nitrogen and oxygen atoms in total. The Morgan fingerprint density at radius 2 is 2.16 bits per heavy atom. The van der Waals surface area contributed by atoms with E-state index in [-0.39, 0.29) is 11.8 Å². The molecule has 1 atom stereocenters. The molecule has 1 aliphatic heterocycles. The third-order valence-corrected chi connectivity index (χ3v) is 4.95. The molecule has 7 heteroatoms. The Balaban J connectivity index is 1.34. The van der Waals surface area contributed by atoms with Crippen LogP contribution in [0.2, 0.25) is 0 Å². The molecule has 2 aliphatic rings. The maximum Gasteiger partial charge on any atom is 0.229 e. The summed E-state index contributed by atoms with van der Waals surface area (Å²) in [5, 5.41) is 4.16. The Bertz CT molecular complexity index is 755. The summed E-state index contributed by atoms with van der Waals surface area (Å²) < 4.78 is 5.38. The van der Waals surface area contributed by atoms with E-state index in [1.807, 2.05) is 17.9 Å². The van der Waals surface area contributed by atoms with E-state index in [1.165, 1.54) is 0 Å². The Labute approximate surface area is 146 Å². The van der Waals surface area contributed by atoms with Gasteiger partial charge in [0.1, 0.15) is 5.82 Å². The average molecular weight is 341 g/mol. The SMILES string of the molecule is Cc1nccc(CCC(=O)N2CCCC(c3noc(C4CC4)n3)C2)n1. The van der Waals surface area contributed by atoms with Crippen LogP contribution in [0, 0.1) is 6.92 Å². The summed E-state index contributed by atoms with van der Waals surface area (Å²) >= 11 is 0. The molecule has 3 heterocycles. The van der Waals surface area contributed by atoms with Crippen molar-refractivity contribution in [2.24, 2.45) is 0 Å². The molecule has 0 radical (unpaired) electrons. The summed E-state index contributed by atoms with van der Waals surface area (Å²) in [7, 11) is 0. The van der Waals surface area contributed by atoms with Crippen LogP contribution in [0.25, 0.3) is 0 Å². The monoisotopic (exact) mass is 341 g/mol. The van der Waals surface area contributed by atoms with Crippen molar-refractivity contribution in [2.75, 3.05) is 13.1 Å². The van der Waals surface area contributed by atoms with Crippen LogP contribution in [0.3, 0.4) is 0 Å². The number of hydrogen-bond donors (Lipinski definition) is 0. The van der Waals surface area contributed by atoms with E-state index in [0.29, 0.717) is 25.3 Å². The smallest absolute Gasteiger partial charge is 0.229 e. The van der Waals surface area contributed by atoms with Gasteiger partial charge in [-0.1, -0.05) is 5.16 Å². The summed E-state index contributed by atoms with van der Waals surface area (Å²) in [6.07, 6.45) is 7.17. The lowest BCUT2D eigenvalue weighted by atomic mass is 9.97. The summed E-state index contributed by atoms with van der Waals surface area (Å²) in [6.45, 7) is 3.36. The fourth-order valence-corrected chi connectivity index (χ4v) is 3.36. The quantitative estimate of drug-likeness (QED) is 0.830. The fourth-order valence-electron chi connectivity index (χ4n) is 3.36. The minimum absolute atomic E-state index is 0.173. The maximum atomic E-state index is 12.6. The Morgan fingerprint density at radius 1 is 1.28 bits per heavy atom. The van der Waals surface area contributed by atoms with Crippen LogP contribution in [0.5, 0.6) is 0 Å². The summed E-state index contributed by atoms with van der Waals surface area (Å²) in [6, 6.07) is 1.87. The van der Waals surface area contributed by atoms with E-state index in [0.717, 1.165) is 55.5 Å². The molecule has 1 saturated heterocycles. The number of hydrogen-bond acceptors (Lipinski definition) is 6. The van der Waals surface area contributed by atoms with E-state index < -0.39 is 0 Å². The maximum absolute atomic E-state index is 12.6. The number of piperidine rings is 1. The zero-order valence-corrected chi connectivity index (χ0v) is 14.5. The minimum atomic E-state index is 0.173. The highest BCUT2D eigenvalue weighted by Crippen LogP contribution is 2.39. The Kier molecular flexibility index (Phi) is 4.46. The number of rotatable bonds is 5. The first-order valence-corrected chi connectivity index (χ1v) is 9.09. The van der Waals surface area contributed by atoms with E-state index >= 15 is 0 Å². The highest BCUT2D eigenvalue weighted by molar-refractivity contribution is 5.76. The minimum Gasteiger partial charge on any atom is -0.342 e. The predicted octanol–water partition coefficient (Wildman–Crippen LogP) is 2.38. The van der Waals surface area contributed by atoms with Crippen LogP contribution < -0.4 is 0 Å². The van der Waals surface area contributed by atoms with Crippen LogP contribution in [-0.2, 0) is 11.2 Å². The highest BCUT2D eigenvalue weighted by atomic mass is 16.5. The van der Waals surface area contributed by atoms with E-state index in [2.05, 4.69) is 20.1 Å². The van der Waals surface area contributed by atoms with Crippen molar-refractivity contribution >= 4 is 5.91 Å². The number of aromatic nitrogens is 4. The van der Waals surface area contributed by atoms with E-state index in [1.54, 1.807) is 6.20 Å². The van der Waals surface area contributed by atoms with Crippen molar-refractivity contribution in [3.05, 3.63) is 35.5 Å². The molecule has 1 aliphatic carbocycles. The molecule has 4 rings (SSSR count). The van der Waals surface area contributed by atoms with E-state index in [9.17, 15) is 4.79 Å². The van der Waals surface area contributed by atoms with Gasteiger partial charge in [0.05, 0.1) is 0 Å². The van der Waals surface area contributed by atoms with Gasteiger partial charge in [-0.05, 0) is 45.1 Å². The van der Waals surface area contributed by atoms with Gasteiger partial charge in [0.15, 0.2) is 5.82 Å². The molecule has 0 aromatic carbocycles. The third-order valence-electron chi connectivity index (χ3n) is 4.95. The van der Waals surface area contributed by atoms with Crippen LogP contribution in [0.15, 0.2) is 16.8 Å². The van der Waals surface area contributed by atoms with Crippen molar-refractivity contribution in [3.8, 4) is 0 Å². The van der Waals surface area contributed by atoms with Gasteiger partial charge >= 0.3 is 0 Å². The molecule has 2 aromatic rings. The average Bonchev–Trinajstić information content (AvgIpc) is 3.37.